The molecule has 0 spiro atoms. The highest BCUT2D eigenvalue weighted by Gasteiger charge is 2.40. The largest absolute Gasteiger partial charge is 0.350 e. The summed E-state index contributed by atoms with van der Waals surface area (Å²) in [6.45, 7) is 5.05. The van der Waals surface area contributed by atoms with Crippen molar-refractivity contribution in [3.05, 3.63) is 60.2 Å². The highest BCUT2D eigenvalue weighted by atomic mass is 32.2. The number of nitrogens with zero attached hydrogens (tertiary/aromatic N) is 2. The molecule has 34 heavy (non-hydrogen) atoms. The summed E-state index contributed by atoms with van der Waals surface area (Å²) in [6, 6.07) is 17.9. The van der Waals surface area contributed by atoms with Crippen molar-refractivity contribution >= 4 is 15.9 Å². The molecule has 1 N–H and O–H groups in total. The van der Waals surface area contributed by atoms with Crippen molar-refractivity contribution in [2.75, 3.05) is 38.5 Å². The van der Waals surface area contributed by atoms with E-state index < -0.39 is 10.0 Å². The van der Waals surface area contributed by atoms with E-state index in [-0.39, 0.29) is 17.2 Å². The molecule has 1 amide bonds. The molecular weight excluding hydrogens is 446 g/mol. The fraction of sp³-hybridized carbons (Fsp3) is 0.519. The monoisotopic (exact) mass is 483 g/mol. The first-order chi connectivity index (χ1) is 16.4. The first-order valence-corrected chi connectivity index (χ1v) is 14.2. The molecule has 1 aliphatic carbocycles. The van der Waals surface area contributed by atoms with E-state index in [1.807, 2.05) is 49.4 Å². The van der Waals surface area contributed by atoms with Crippen LogP contribution in [0.5, 0.6) is 0 Å². The zero-order valence-electron chi connectivity index (χ0n) is 20.2. The SMILES string of the molecule is CCCS(=O)(=O)N1CCN(C2(CNC(=O)c3ccc(-c4ccccc4)cc3)CCCCC2)CC1. The fourth-order valence-electron chi connectivity index (χ4n) is 5.43. The molecule has 2 aromatic rings. The second-order valence-corrected chi connectivity index (χ2v) is 11.7. The van der Waals surface area contributed by atoms with Gasteiger partial charge in [-0.15, -0.1) is 0 Å². The summed E-state index contributed by atoms with van der Waals surface area (Å²) < 4.78 is 26.6. The minimum Gasteiger partial charge on any atom is -0.350 e. The van der Waals surface area contributed by atoms with Gasteiger partial charge < -0.3 is 5.32 Å². The van der Waals surface area contributed by atoms with Crippen LogP contribution in [0.25, 0.3) is 11.1 Å². The maximum atomic E-state index is 13.0. The number of amides is 1. The minimum atomic E-state index is -3.16. The normalized spacial score (nSPS) is 19.6. The Bertz CT molecular complexity index is 1040. The second kappa shape index (κ2) is 11.0. The van der Waals surface area contributed by atoms with Crippen LogP contribution in [0.1, 0.15) is 55.8 Å². The predicted molar refractivity (Wildman–Crippen MR) is 137 cm³/mol. The Morgan fingerprint density at radius 1 is 0.882 bits per heavy atom. The van der Waals surface area contributed by atoms with Crippen LogP contribution in [0.3, 0.4) is 0 Å². The molecule has 6 nitrogen and oxygen atoms in total. The van der Waals surface area contributed by atoms with Crippen molar-refractivity contribution in [2.24, 2.45) is 0 Å². The summed E-state index contributed by atoms with van der Waals surface area (Å²) in [7, 11) is -3.16. The molecule has 1 aliphatic heterocycles. The Morgan fingerprint density at radius 3 is 2.12 bits per heavy atom. The van der Waals surface area contributed by atoms with Gasteiger partial charge in [0.2, 0.25) is 10.0 Å². The van der Waals surface area contributed by atoms with Gasteiger partial charge >= 0.3 is 0 Å². The van der Waals surface area contributed by atoms with Gasteiger partial charge in [0.05, 0.1) is 5.75 Å². The maximum absolute atomic E-state index is 13.0. The standard InChI is InChI=1S/C27H37N3O3S/c1-2-21-34(32,33)30-19-17-29(18-20-30)27(15-7-4-8-16-27)22-28-26(31)25-13-11-24(12-14-25)23-9-5-3-6-10-23/h3,5-6,9-14H,2,4,7-8,15-22H2,1H3,(H,28,31). The van der Waals surface area contributed by atoms with Crippen molar-refractivity contribution in [3.63, 3.8) is 0 Å². The van der Waals surface area contributed by atoms with Crippen molar-refractivity contribution in [3.8, 4) is 11.1 Å². The Hall–Kier alpha value is -2.22. The number of nitrogens with one attached hydrogen (secondary N) is 1. The number of carbonyl (C=O) groups is 1. The number of benzene rings is 2. The summed E-state index contributed by atoms with van der Waals surface area (Å²) in [4.78, 5) is 15.4. The Kier molecular flexibility index (Phi) is 8.06. The predicted octanol–water partition coefficient (Wildman–Crippen LogP) is 4.14. The highest BCUT2D eigenvalue weighted by molar-refractivity contribution is 7.89. The number of carbonyl (C=O) groups excluding carboxylic acids is 1. The van der Waals surface area contributed by atoms with Gasteiger partial charge in [-0.05, 0) is 42.5 Å². The third kappa shape index (κ3) is 5.70. The van der Waals surface area contributed by atoms with E-state index in [9.17, 15) is 13.2 Å². The topological polar surface area (TPSA) is 69.7 Å². The number of rotatable bonds is 8. The van der Waals surface area contributed by atoms with Gasteiger partial charge in [-0.2, -0.15) is 4.31 Å². The summed E-state index contributed by atoms with van der Waals surface area (Å²) in [6.07, 6.45) is 6.25. The third-order valence-electron chi connectivity index (χ3n) is 7.38. The van der Waals surface area contributed by atoms with Gasteiger partial charge in [0.25, 0.3) is 5.91 Å². The average Bonchev–Trinajstić information content (AvgIpc) is 2.88. The molecule has 0 atom stereocenters. The molecule has 4 rings (SSSR count). The van der Waals surface area contributed by atoms with Crippen LogP contribution >= 0.6 is 0 Å². The number of sulfonamides is 1. The third-order valence-corrected chi connectivity index (χ3v) is 9.46. The summed E-state index contributed by atoms with van der Waals surface area (Å²) >= 11 is 0. The van der Waals surface area contributed by atoms with Crippen LogP contribution < -0.4 is 5.32 Å². The Labute approximate surface area is 204 Å². The Balaban J connectivity index is 1.39. The van der Waals surface area contributed by atoms with Crippen LogP contribution in [0, 0.1) is 0 Å². The molecule has 2 fully saturated rings. The smallest absolute Gasteiger partial charge is 0.251 e. The summed E-state index contributed by atoms with van der Waals surface area (Å²) in [5.74, 6) is 0.172. The van der Waals surface area contributed by atoms with E-state index in [0.29, 0.717) is 31.6 Å². The molecule has 1 saturated carbocycles. The van der Waals surface area contributed by atoms with E-state index in [4.69, 9.17) is 0 Å². The second-order valence-electron chi connectivity index (χ2n) is 9.61. The van der Waals surface area contributed by atoms with Gasteiger partial charge in [0, 0.05) is 43.8 Å². The van der Waals surface area contributed by atoms with Crippen molar-refractivity contribution in [1.82, 2.24) is 14.5 Å². The van der Waals surface area contributed by atoms with Gasteiger partial charge in [-0.3, -0.25) is 9.69 Å². The Morgan fingerprint density at radius 2 is 1.50 bits per heavy atom. The molecule has 2 aliphatic rings. The van der Waals surface area contributed by atoms with E-state index in [1.54, 1.807) is 4.31 Å². The molecule has 1 heterocycles. The lowest BCUT2D eigenvalue weighted by Gasteiger charge is -2.49. The van der Waals surface area contributed by atoms with Crippen molar-refractivity contribution in [1.29, 1.82) is 0 Å². The summed E-state index contributed by atoms with van der Waals surface area (Å²) in [5.41, 5.74) is 2.81. The van der Waals surface area contributed by atoms with Crippen molar-refractivity contribution in [2.45, 2.75) is 51.0 Å². The fourth-order valence-corrected chi connectivity index (χ4v) is 6.93. The molecule has 1 saturated heterocycles. The van der Waals surface area contributed by atoms with Crippen LogP contribution in [-0.4, -0.2) is 67.5 Å². The number of hydrogen-bond acceptors (Lipinski definition) is 4. The zero-order valence-corrected chi connectivity index (χ0v) is 21.0. The lowest BCUT2D eigenvalue weighted by Crippen LogP contribution is -2.62. The first kappa shape index (κ1) is 24.9. The van der Waals surface area contributed by atoms with E-state index in [2.05, 4.69) is 22.3 Å². The molecule has 0 radical (unpaired) electrons. The van der Waals surface area contributed by atoms with Crippen molar-refractivity contribution < 1.29 is 13.2 Å². The van der Waals surface area contributed by atoms with Gasteiger partial charge in [-0.1, -0.05) is 68.7 Å². The quantitative estimate of drug-likeness (QED) is 0.613. The van der Waals surface area contributed by atoms with E-state index >= 15 is 0 Å². The van der Waals surface area contributed by atoms with Crippen LogP contribution in [0.4, 0.5) is 0 Å². The molecular formula is C27H37N3O3S. The van der Waals surface area contributed by atoms with Crippen LogP contribution in [0.2, 0.25) is 0 Å². The van der Waals surface area contributed by atoms with Gasteiger partial charge in [0.1, 0.15) is 0 Å². The van der Waals surface area contributed by atoms with Crippen LogP contribution in [0.15, 0.2) is 54.6 Å². The lowest BCUT2D eigenvalue weighted by molar-refractivity contribution is 0.0240. The first-order valence-electron chi connectivity index (χ1n) is 12.6. The minimum absolute atomic E-state index is 0.0475. The average molecular weight is 484 g/mol. The lowest BCUT2D eigenvalue weighted by atomic mass is 9.79. The molecule has 184 valence electrons. The molecule has 2 aromatic carbocycles. The molecule has 0 bridgehead atoms. The highest BCUT2D eigenvalue weighted by Crippen LogP contribution is 2.34. The van der Waals surface area contributed by atoms with E-state index in [0.717, 1.165) is 49.9 Å². The van der Waals surface area contributed by atoms with E-state index in [1.165, 1.54) is 6.42 Å². The molecule has 7 heteroatoms. The molecule has 0 aromatic heterocycles. The maximum Gasteiger partial charge on any atom is 0.251 e. The van der Waals surface area contributed by atoms with Gasteiger partial charge in [0.15, 0.2) is 0 Å². The number of hydrogen-bond donors (Lipinski definition) is 1. The number of piperazine rings is 1. The van der Waals surface area contributed by atoms with Gasteiger partial charge in [-0.25, -0.2) is 8.42 Å². The summed E-state index contributed by atoms with van der Waals surface area (Å²) in [5, 5.41) is 3.22. The molecule has 0 unspecified atom stereocenters. The zero-order chi connectivity index (χ0) is 24.0. The van der Waals surface area contributed by atoms with Crippen LogP contribution in [-0.2, 0) is 10.0 Å².